The molecule has 2 aromatic carbocycles. The molecule has 2 aromatic heterocycles. The summed E-state index contributed by atoms with van der Waals surface area (Å²) in [6.07, 6.45) is 5.42. The molecule has 1 aliphatic heterocycles. The Bertz CT molecular complexity index is 1420. The van der Waals surface area contributed by atoms with Gasteiger partial charge in [0.15, 0.2) is 5.13 Å². The lowest BCUT2D eigenvalue weighted by Gasteiger charge is -2.21. The molecule has 1 aliphatic rings. The van der Waals surface area contributed by atoms with Gasteiger partial charge in [0.05, 0.1) is 27.9 Å². The van der Waals surface area contributed by atoms with Crippen LogP contribution in [0.4, 0.5) is 5.13 Å². The number of thiazole rings is 1. The summed E-state index contributed by atoms with van der Waals surface area (Å²) in [5.41, 5.74) is 2.30. The Balaban J connectivity index is 1.45. The summed E-state index contributed by atoms with van der Waals surface area (Å²) in [4.78, 5) is 20.2. The van der Waals surface area contributed by atoms with Crippen LogP contribution in [0, 0.1) is 6.92 Å². The molecule has 182 valence electrons. The van der Waals surface area contributed by atoms with Gasteiger partial charge in [-0.1, -0.05) is 36.3 Å². The van der Waals surface area contributed by atoms with Crippen LogP contribution >= 0.6 is 11.3 Å². The fourth-order valence-electron chi connectivity index (χ4n) is 4.33. The van der Waals surface area contributed by atoms with Crippen LogP contribution in [0.5, 0.6) is 0 Å². The first-order valence-corrected chi connectivity index (χ1v) is 14.0. The largest absolute Gasteiger partial charge is 0.467 e. The Morgan fingerprint density at radius 2 is 1.77 bits per heavy atom. The maximum atomic E-state index is 13.6. The van der Waals surface area contributed by atoms with Crippen molar-refractivity contribution in [1.29, 1.82) is 0 Å². The second-order valence-corrected chi connectivity index (χ2v) is 11.7. The number of hydrogen-bond donors (Lipinski definition) is 0. The van der Waals surface area contributed by atoms with Crippen LogP contribution in [0.3, 0.4) is 0 Å². The summed E-state index contributed by atoms with van der Waals surface area (Å²) in [5.74, 6) is 0.367. The number of benzene rings is 2. The number of carbonyl (C=O) groups is 1. The predicted octanol–water partition coefficient (Wildman–Crippen LogP) is 5.61. The summed E-state index contributed by atoms with van der Waals surface area (Å²) in [7, 11) is -3.58. The number of rotatable bonds is 6. The van der Waals surface area contributed by atoms with E-state index >= 15 is 0 Å². The molecule has 0 bridgehead atoms. The lowest BCUT2D eigenvalue weighted by Crippen LogP contribution is -2.32. The van der Waals surface area contributed by atoms with Crippen molar-refractivity contribution in [3.63, 3.8) is 0 Å². The van der Waals surface area contributed by atoms with Gasteiger partial charge in [-0.25, -0.2) is 13.4 Å². The average molecular weight is 510 g/mol. The van der Waals surface area contributed by atoms with E-state index in [0.29, 0.717) is 29.5 Å². The van der Waals surface area contributed by atoms with E-state index in [0.717, 1.165) is 41.5 Å². The van der Waals surface area contributed by atoms with Crippen LogP contribution in [0.15, 0.2) is 70.2 Å². The van der Waals surface area contributed by atoms with Crippen LogP contribution in [0.25, 0.3) is 10.2 Å². The minimum absolute atomic E-state index is 0.212. The Hall–Kier alpha value is -3.01. The van der Waals surface area contributed by atoms with Crippen LogP contribution in [0.2, 0.25) is 0 Å². The first kappa shape index (κ1) is 23.7. The van der Waals surface area contributed by atoms with Crippen molar-refractivity contribution < 1.29 is 17.6 Å². The number of furan rings is 1. The number of carbonyl (C=O) groups excluding carboxylic acids is 1. The van der Waals surface area contributed by atoms with Crippen molar-refractivity contribution >= 4 is 42.6 Å². The molecule has 1 fully saturated rings. The molecular formula is C26H27N3O4S2. The monoisotopic (exact) mass is 509 g/mol. The summed E-state index contributed by atoms with van der Waals surface area (Å²) in [6, 6.07) is 15.8. The minimum Gasteiger partial charge on any atom is -0.467 e. The molecule has 4 aromatic rings. The van der Waals surface area contributed by atoms with Crippen molar-refractivity contribution in [3.05, 3.63) is 77.7 Å². The molecule has 0 saturated carbocycles. The van der Waals surface area contributed by atoms with Gasteiger partial charge in [0.2, 0.25) is 10.0 Å². The van der Waals surface area contributed by atoms with E-state index in [9.17, 15) is 13.2 Å². The third-order valence-electron chi connectivity index (χ3n) is 6.28. The zero-order valence-electron chi connectivity index (χ0n) is 19.5. The van der Waals surface area contributed by atoms with E-state index < -0.39 is 10.0 Å². The van der Waals surface area contributed by atoms with Crippen LogP contribution in [0.1, 0.15) is 47.4 Å². The van der Waals surface area contributed by atoms with Gasteiger partial charge in [-0.05, 0) is 67.8 Å². The molecule has 1 saturated heterocycles. The normalized spacial score (nSPS) is 15.2. The van der Waals surface area contributed by atoms with E-state index in [4.69, 9.17) is 9.40 Å². The molecular weight excluding hydrogens is 482 g/mol. The van der Waals surface area contributed by atoms with Gasteiger partial charge in [-0.2, -0.15) is 4.31 Å². The van der Waals surface area contributed by atoms with Crippen molar-refractivity contribution in [3.8, 4) is 0 Å². The highest BCUT2D eigenvalue weighted by molar-refractivity contribution is 7.89. The number of aromatic nitrogens is 1. The zero-order chi connectivity index (χ0) is 24.4. The van der Waals surface area contributed by atoms with Gasteiger partial charge in [0.25, 0.3) is 5.91 Å². The number of anilines is 1. The van der Waals surface area contributed by atoms with Gasteiger partial charge in [-0.3, -0.25) is 9.69 Å². The molecule has 1 amide bonds. The highest BCUT2D eigenvalue weighted by atomic mass is 32.2. The highest BCUT2D eigenvalue weighted by Crippen LogP contribution is 2.32. The molecule has 0 radical (unpaired) electrons. The first-order valence-electron chi connectivity index (χ1n) is 11.7. The van der Waals surface area contributed by atoms with E-state index in [-0.39, 0.29) is 17.3 Å². The molecule has 9 heteroatoms. The Morgan fingerprint density at radius 1 is 1.03 bits per heavy atom. The SMILES string of the molecule is Cc1cccc2sc(N(Cc3ccco3)C(=O)c3ccc(S(=O)(=O)N4CCCCCC4)cc3)nc12. The maximum Gasteiger partial charge on any atom is 0.260 e. The third-order valence-corrected chi connectivity index (χ3v) is 9.24. The fourth-order valence-corrected chi connectivity index (χ4v) is 6.89. The number of nitrogens with zero attached hydrogens (tertiary/aromatic N) is 3. The van der Waals surface area contributed by atoms with E-state index in [1.165, 1.54) is 23.5 Å². The number of aryl methyl sites for hydroxylation is 1. The molecule has 0 unspecified atom stereocenters. The summed E-state index contributed by atoms with van der Waals surface area (Å²) < 4.78 is 34.3. The standard InChI is InChI=1S/C26H27N3O4S2/c1-19-8-6-10-23-24(19)27-26(34-23)29(18-21-9-7-17-33-21)25(30)20-11-13-22(14-12-20)35(31,32)28-15-4-2-3-5-16-28/h6-14,17H,2-5,15-16,18H2,1H3. The number of amides is 1. The van der Waals surface area contributed by atoms with E-state index in [2.05, 4.69) is 0 Å². The summed E-state index contributed by atoms with van der Waals surface area (Å²) >= 11 is 1.44. The number of hydrogen-bond acceptors (Lipinski definition) is 6. The van der Waals surface area contributed by atoms with Crippen LogP contribution in [-0.4, -0.2) is 36.7 Å². The molecule has 35 heavy (non-hydrogen) atoms. The van der Waals surface area contributed by atoms with Gasteiger partial charge in [-0.15, -0.1) is 0 Å². The third kappa shape index (κ3) is 4.89. The molecule has 0 N–H and O–H groups in total. The lowest BCUT2D eigenvalue weighted by atomic mass is 10.2. The van der Waals surface area contributed by atoms with Crippen molar-refractivity contribution in [2.24, 2.45) is 0 Å². The van der Waals surface area contributed by atoms with Gasteiger partial charge in [0, 0.05) is 18.7 Å². The van der Waals surface area contributed by atoms with Crippen molar-refractivity contribution in [1.82, 2.24) is 9.29 Å². The maximum absolute atomic E-state index is 13.6. The fraction of sp³-hybridized carbons (Fsp3) is 0.308. The molecule has 7 nitrogen and oxygen atoms in total. The van der Waals surface area contributed by atoms with E-state index in [1.807, 2.05) is 31.2 Å². The Kier molecular flexibility index (Phi) is 6.73. The molecule has 5 rings (SSSR count). The van der Waals surface area contributed by atoms with E-state index in [1.54, 1.807) is 33.7 Å². The molecule has 0 aliphatic carbocycles. The van der Waals surface area contributed by atoms with Crippen molar-refractivity contribution in [2.45, 2.75) is 44.0 Å². The molecule has 3 heterocycles. The average Bonchev–Trinajstić information content (AvgIpc) is 3.45. The quantitative estimate of drug-likeness (QED) is 0.337. The predicted molar refractivity (Wildman–Crippen MR) is 137 cm³/mol. The second-order valence-electron chi connectivity index (χ2n) is 8.73. The minimum atomic E-state index is -3.58. The molecule has 0 spiro atoms. The van der Waals surface area contributed by atoms with Gasteiger partial charge in [0.1, 0.15) is 5.76 Å². The van der Waals surface area contributed by atoms with Crippen molar-refractivity contribution in [2.75, 3.05) is 18.0 Å². The van der Waals surface area contributed by atoms with Gasteiger partial charge >= 0.3 is 0 Å². The smallest absolute Gasteiger partial charge is 0.260 e. The Morgan fingerprint density at radius 3 is 2.43 bits per heavy atom. The topological polar surface area (TPSA) is 83.7 Å². The van der Waals surface area contributed by atoms with Crippen LogP contribution in [-0.2, 0) is 16.6 Å². The number of fused-ring (bicyclic) bond motifs is 1. The summed E-state index contributed by atoms with van der Waals surface area (Å²) in [6.45, 7) is 3.29. The van der Waals surface area contributed by atoms with Gasteiger partial charge < -0.3 is 4.42 Å². The first-order chi connectivity index (χ1) is 16.9. The highest BCUT2D eigenvalue weighted by Gasteiger charge is 2.27. The zero-order valence-corrected chi connectivity index (χ0v) is 21.1. The number of para-hydroxylation sites is 1. The molecule has 0 atom stereocenters. The lowest BCUT2D eigenvalue weighted by molar-refractivity contribution is 0.0983. The number of sulfonamides is 1. The summed E-state index contributed by atoms with van der Waals surface area (Å²) in [5, 5.41) is 0.567. The van der Waals surface area contributed by atoms with Crippen LogP contribution < -0.4 is 4.90 Å². The second kappa shape index (κ2) is 9.93. The Labute approximate surface area is 209 Å².